The molecule has 4 rings (SSSR count). The zero-order valence-corrected chi connectivity index (χ0v) is 14.1. The minimum absolute atomic E-state index is 0.00418. The number of aromatic nitrogens is 1. The maximum Gasteiger partial charge on any atom is 0.271 e. The number of benzene rings is 3. The highest BCUT2D eigenvalue weighted by Gasteiger charge is 2.12. The molecule has 7 heteroatoms. The van der Waals surface area contributed by atoms with E-state index in [2.05, 4.69) is 15.2 Å². The molecule has 0 N–H and O–H groups in total. The Balaban J connectivity index is 1.49. The quantitative estimate of drug-likeness (QED) is 0.258. The average molecular weight is 358 g/mol. The summed E-state index contributed by atoms with van der Waals surface area (Å²) in [7, 11) is 0. The van der Waals surface area contributed by atoms with Crippen molar-refractivity contribution in [3.63, 3.8) is 0 Å². The molecule has 0 fully saturated rings. The van der Waals surface area contributed by atoms with E-state index in [0.717, 1.165) is 16.9 Å². The van der Waals surface area contributed by atoms with E-state index in [-0.39, 0.29) is 5.69 Å². The van der Waals surface area contributed by atoms with Crippen LogP contribution in [0.3, 0.4) is 0 Å². The molecule has 1 heterocycles. The van der Waals surface area contributed by atoms with Crippen molar-refractivity contribution in [3.05, 3.63) is 94.4 Å². The van der Waals surface area contributed by atoms with E-state index in [4.69, 9.17) is 4.42 Å². The molecule has 1 aromatic heterocycles. The number of hydrogen-bond acceptors (Lipinski definition) is 6. The molecule has 0 spiro atoms. The van der Waals surface area contributed by atoms with Gasteiger partial charge in [-0.1, -0.05) is 30.3 Å². The molecule has 0 atom stereocenters. The average Bonchev–Trinajstić information content (AvgIpc) is 3.09. The Morgan fingerprint density at radius 1 is 0.926 bits per heavy atom. The summed E-state index contributed by atoms with van der Waals surface area (Å²) in [5, 5.41) is 19.2. The van der Waals surface area contributed by atoms with Crippen LogP contribution in [0.2, 0.25) is 0 Å². The molecule has 7 nitrogen and oxygen atoms in total. The van der Waals surface area contributed by atoms with Crippen molar-refractivity contribution in [2.75, 3.05) is 0 Å². The maximum absolute atomic E-state index is 10.8. The van der Waals surface area contributed by atoms with Crippen LogP contribution in [0.15, 0.2) is 87.4 Å². The zero-order chi connectivity index (χ0) is 18.6. The number of fused-ring (bicyclic) bond motifs is 1. The molecule has 0 aliphatic carbocycles. The smallest absolute Gasteiger partial charge is 0.271 e. The third-order valence-corrected chi connectivity index (χ3v) is 3.96. The molecule has 0 amide bonds. The van der Waals surface area contributed by atoms with E-state index in [1.54, 1.807) is 6.07 Å². The van der Waals surface area contributed by atoms with Crippen molar-refractivity contribution in [2.45, 2.75) is 6.42 Å². The van der Waals surface area contributed by atoms with Crippen LogP contribution in [-0.2, 0) is 6.42 Å². The van der Waals surface area contributed by atoms with E-state index >= 15 is 0 Å². The Bertz CT molecular complexity index is 1120. The lowest BCUT2D eigenvalue weighted by Gasteiger charge is -1.98. The van der Waals surface area contributed by atoms with Gasteiger partial charge in [0.15, 0.2) is 11.5 Å². The first kappa shape index (κ1) is 16.6. The number of nitrogens with zero attached hydrogens (tertiary/aromatic N) is 4. The topological polar surface area (TPSA) is 93.9 Å². The summed E-state index contributed by atoms with van der Waals surface area (Å²) < 4.78 is 5.67. The van der Waals surface area contributed by atoms with Gasteiger partial charge in [-0.05, 0) is 35.9 Å². The molecule has 0 aliphatic heterocycles. The summed E-state index contributed by atoms with van der Waals surface area (Å²) in [5.41, 5.74) is 3.54. The molecule has 0 saturated carbocycles. The van der Waals surface area contributed by atoms with Crippen LogP contribution in [-0.4, -0.2) is 9.91 Å². The van der Waals surface area contributed by atoms with E-state index < -0.39 is 4.92 Å². The minimum Gasteiger partial charge on any atom is -0.440 e. The Morgan fingerprint density at radius 2 is 1.63 bits per heavy atom. The molecule has 132 valence electrons. The first-order valence-electron chi connectivity index (χ1n) is 8.27. The number of azo groups is 1. The van der Waals surface area contributed by atoms with Crippen LogP contribution in [0.4, 0.5) is 17.1 Å². The lowest BCUT2D eigenvalue weighted by atomic mass is 10.1. The van der Waals surface area contributed by atoms with Crippen LogP contribution in [0.25, 0.3) is 11.1 Å². The zero-order valence-electron chi connectivity index (χ0n) is 14.1. The SMILES string of the molecule is O=[N+]([O-])c1ccc2oc(Cc3ccc(N=Nc4ccccc4)cc3)nc2c1. The number of nitro benzene ring substituents is 1. The first-order valence-corrected chi connectivity index (χ1v) is 8.27. The highest BCUT2D eigenvalue weighted by molar-refractivity contribution is 5.75. The number of rotatable bonds is 5. The highest BCUT2D eigenvalue weighted by atomic mass is 16.6. The summed E-state index contributed by atoms with van der Waals surface area (Å²) in [6.45, 7) is 0. The fourth-order valence-corrected chi connectivity index (χ4v) is 2.62. The fraction of sp³-hybridized carbons (Fsp3) is 0.0500. The van der Waals surface area contributed by atoms with Crippen molar-refractivity contribution in [1.29, 1.82) is 0 Å². The van der Waals surface area contributed by atoms with Gasteiger partial charge in [0.05, 0.1) is 16.3 Å². The van der Waals surface area contributed by atoms with Gasteiger partial charge >= 0.3 is 0 Å². The van der Waals surface area contributed by atoms with E-state index in [1.165, 1.54) is 12.1 Å². The molecule has 4 aromatic rings. The summed E-state index contributed by atoms with van der Waals surface area (Å²) in [4.78, 5) is 14.7. The Hall–Kier alpha value is -3.87. The van der Waals surface area contributed by atoms with E-state index in [0.29, 0.717) is 23.4 Å². The van der Waals surface area contributed by atoms with Gasteiger partial charge in [-0.3, -0.25) is 10.1 Å². The molecule has 0 radical (unpaired) electrons. The number of non-ortho nitro benzene ring substituents is 1. The maximum atomic E-state index is 10.8. The van der Waals surface area contributed by atoms with Crippen molar-refractivity contribution < 1.29 is 9.34 Å². The summed E-state index contributed by atoms with van der Waals surface area (Å²) >= 11 is 0. The van der Waals surface area contributed by atoms with Crippen LogP contribution in [0.5, 0.6) is 0 Å². The number of oxazole rings is 1. The predicted molar refractivity (Wildman–Crippen MR) is 101 cm³/mol. The largest absolute Gasteiger partial charge is 0.440 e. The summed E-state index contributed by atoms with van der Waals surface area (Å²) in [6.07, 6.45) is 0.485. The molecule has 0 bridgehead atoms. The Morgan fingerprint density at radius 3 is 2.33 bits per heavy atom. The van der Waals surface area contributed by atoms with Crippen LogP contribution in [0.1, 0.15) is 11.5 Å². The number of hydrogen-bond donors (Lipinski definition) is 0. The first-order chi connectivity index (χ1) is 13.2. The third kappa shape index (κ3) is 3.87. The molecule has 0 unspecified atom stereocenters. The van der Waals surface area contributed by atoms with Crippen LogP contribution >= 0.6 is 0 Å². The van der Waals surface area contributed by atoms with Gasteiger partial charge in [0.2, 0.25) is 0 Å². The molecular formula is C20H14N4O3. The predicted octanol–water partition coefficient (Wildman–Crippen LogP) is 5.74. The highest BCUT2D eigenvalue weighted by Crippen LogP contribution is 2.24. The molecular weight excluding hydrogens is 344 g/mol. The van der Waals surface area contributed by atoms with Crippen molar-refractivity contribution in [2.24, 2.45) is 10.2 Å². The van der Waals surface area contributed by atoms with E-state index in [9.17, 15) is 10.1 Å². The van der Waals surface area contributed by atoms with Crippen LogP contribution < -0.4 is 0 Å². The fourth-order valence-electron chi connectivity index (χ4n) is 2.62. The normalized spacial score (nSPS) is 11.3. The van der Waals surface area contributed by atoms with Gasteiger partial charge in [0.1, 0.15) is 5.52 Å². The van der Waals surface area contributed by atoms with Crippen molar-refractivity contribution >= 4 is 28.2 Å². The Labute approximate surface area is 154 Å². The minimum atomic E-state index is -0.448. The number of nitro groups is 1. The van der Waals surface area contributed by atoms with Gasteiger partial charge in [0, 0.05) is 18.6 Å². The van der Waals surface area contributed by atoms with Gasteiger partial charge in [-0.2, -0.15) is 10.2 Å². The second kappa shape index (κ2) is 7.17. The third-order valence-electron chi connectivity index (χ3n) is 3.96. The molecule has 0 aliphatic rings. The van der Waals surface area contributed by atoms with Gasteiger partial charge in [-0.15, -0.1) is 0 Å². The van der Waals surface area contributed by atoms with Crippen molar-refractivity contribution in [3.8, 4) is 0 Å². The monoisotopic (exact) mass is 358 g/mol. The van der Waals surface area contributed by atoms with E-state index in [1.807, 2.05) is 54.6 Å². The summed E-state index contributed by atoms with van der Waals surface area (Å²) in [6, 6.07) is 21.5. The lowest BCUT2D eigenvalue weighted by molar-refractivity contribution is -0.384. The second-order valence-electron chi connectivity index (χ2n) is 5.90. The van der Waals surface area contributed by atoms with Gasteiger partial charge in [-0.25, -0.2) is 4.98 Å². The summed E-state index contributed by atoms with van der Waals surface area (Å²) in [5.74, 6) is 0.504. The molecule has 0 saturated heterocycles. The van der Waals surface area contributed by atoms with Gasteiger partial charge in [0.25, 0.3) is 5.69 Å². The Kier molecular flexibility index (Phi) is 4.40. The molecule has 27 heavy (non-hydrogen) atoms. The standard InChI is InChI=1S/C20H14N4O3/c25-24(26)17-10-11-19-18(13-17)21-20(27-19)12-14-6-8-16(9-7-14)23-22-15-4-2-1-3-5-15/h1-11,13H,12H2. The van der Waals surface area contributed by atoms with Gasteiger partial charge < -0.3 is 4.42 Å². The second-order valence-corrected chi connectivity index (χ2v) is 5.90. The van der Waals surface area contributed by atoms with Crippen LogP contribution in [0, 0.1) is 10.1 Å². The lowest BCUT2D eigenvalue weighted by Crippen LogP contribution is -1.88. The van der Waals surface area contributed by atoms with Crippen molar-refractivity contribution in [1.82, 2.24) is 4.98 Å². The molecule has 3 aromatic carbocycles.